The summed E-state index contributed by atoms with van der Waals surface area (Å²) in [5, 5.41) is 8.56. The molecule has 0 fully saturated rings. The van der Waals surface area contributed by atoms with Crippen molar-refractivity contribution in [3.05, 3.63) is 105 Å². The molecule has 2 N–H and O–H groups in total. The first-order chi connectivity index (χ1) is 17.5. The van der Waals surface area contributed by atoms with Crippen molar-refractivity contribution >= 4 is 23.2 Å². The third-order valence-corrected chi connectivity index (χ3v) is 8.47. The summed E-state index contributed by atoms with van der Waals surface area (Å²) in [7, 11) is 0. The minimum atomic E-state index is 0.485. The molecule has 0 bridgehead atoms. The van der Waals surface area contributed by atoms with Gasteiger partial charge in [0.1, 0.15) is 0 Å². The van der Waals surface area contributed by atoms with Gasteiger partial charge < -0.3 is 10.6 Å². The van der Waals surface area contributed by atoms with Crippen LogP contribution in [0.25, 0.3) is 33.4 Å². The molecule has 0 aliphatic carbocycles. The molecule has 2 atom stereocenters. The summed E-state index contributed by atoms with van der Waals surface area (Å²) < 4.78 is 0. The Bertz CT molecular complexity index is 1350. The van der Waals surface area contributed by atoms with Gasteiger partial charge in [-0.1, -0.05) is 96.0 Å². The third kappa shape index (κ3) is 4.37. The highest BCUT2D eigenvalue weighted by Crippen LogP contribution is 2.43. The van der Waals surface area contributed by atoms with E-state index in [9.17, 15) is 0 Å². The van der Waals surface area contributed by atoms with Crippen molar-refractivity contribution in [1.29, 1.82) is 0 Å². The highest BCUT2D eigenvalue weighted by atomic mass is 35.5. The molecule has 2 aliphatic heterocycles. The summed E-state index contributed by atoms with van der Waals surface area (Å²) in [4.78, 5) is 0. The van der Waals surface area contributed by atoms with Crippen LogP contribution in [-0.2, 0) is 25.9 Å². The van der Waals surface area contributed by atoms with E-state index in [1.165, 1.54) is 22.3 Å². The van der Waals surface area contributed by atoms with Crippen LogP contribution >= 0.6 is 23.2 Å². The molecule has 6 rings (SSSR count). The SMILES string of the molecule is CC1Cc2cc(-c3cccc(-c4cccc(-c5ccc6c(c5)CC(C)NC6)c4Cl)c3Cl)ccc2CN1. The number of nitrogens with one attached hydrogen (secondary N) is 2. The van der Waals surface area contributed by atoms with Crippen molar-refractivity contribution < 1.29 is 0 Å². The maximum atomic E-state index is 7.09. The first-order valence-electron chi connectivity index (χ1n) is 12.8. The standard InChI is InChI=1S/C32H30Cl2N2/c1-19-13-25-15-21(9-11-23(25)17-35-19)27-5-3-7-29(31(27)33)30-8-4-6-28(32(30)34)22-10-12-24-18-36-20(2)14-26(24)16-22/h3-12,15-16,19-20,35-36H,13-14,17-18H2,1-2H3. The van der Waals surface area contributed by atoms with Gasteiger partial charge in [0.05, 0.1) is 10.0 Å². The van der Waals surface area contributed by atoms with E-state index < -0.39 is 0 Å². The number of rotatable bonds is 3. The van der Waals surface area contributed by atoms with Crippen LogP contribution in [0.3, 0.4) is 0 Å². The van der Waals surface area contributed by atoms with E-state index in [4.69, 9.17) is 23.2 Å². The van der Waals surface area contributed by atoms with Gasteiger partial charge in [-0.3, -0.25) is 0 Å². The second kappa shape index (κ2) is 9.68. The van der Waals surface area contributed by atoms with E-state index in [0.717, 1.165) is 69.4 Å². The molecule has 2 heterocycles. The zero-order chi connectivity index (χ0) is 24.8. The van der Waals surface area contributed by atoms with Crippen LogP contribution in [0.5, 0.6) is 0 Å². The average Bonchev–Trinajstić information content (AvgIpc) is 2.88. The minimum absolute atomic E-state index is 0.485. The average molecular weight is 514 g/mol. The zero-order valence-corrected chi connectivity index (χ0v) is 22.2. The molecule has 0 spiro atoms. The molecule has 2 aliphatic rings. The van der Waals surface area contributed by atoms with Crippen molar-refractivity contribution in [2.75, 3.05) is 0 Å². The normalized spacial score (nSPS) is 19.0. The lowest BCUT2D eigenvalue weighted by molar-refractivity contribution is 0.514. The number of benzene rings is 4. The molecule has 0 aromatic heterocycles. The summed E-state index contributed by atoms with van der Waals surface area (Å²) in [6.07, 6.45) is 2.06. The highest BCUT2D eigenvalue weighted by Gasteiger charge is 2.19. The zero-order valence-electron chi connectivity index (χ0n) is 20.7. The molecule has 182 valence electrons. The van der Waals surface area contributed by atoms with Crippen LogP contribution in [0.1, 0.15) is 36.1 Å². The molecule has 0 radical (unpaired) electrons. The lowest BCUT2D eigenvalue weighted by atomic mass is 9.90. The van der Waals surface area contributed by atoms with E-state index in [2.05, 4.69) is 97.3 Å². The Morgan fingerprint density at radius 3 is 1.42 bits per heavy atom. The maximum absolute atomic E-state index is 7.09. The Labute approximate surface area is 223 Å². The van der Waals surface area contributed by atoms with Crippen LogP contribution in [0, 0.1) is 0 Å². The van der Waals surface area contributed by atoms with E-state index in [1.54, 1.807) is 0 Å². The van der Waals surface area contributed by atoms with Crippen molar-refractivity contribution in [1.82, 2.24) is 10.6 Å². The molecular formula is C32H30Cl2N2. The fourth-order valence-corrected chi connectivity index (χ4v) is 6.28. The molecular weight excluding hydrogens is 483 g/mol. The molecule has 0 saturated heterocycles. The molecule has 2 nitrogen and oxygen atoms in total. The monoisotopic (exact) mass is 512 g/mol. The van der Waals surface area contributed by atoms with Crippen LogP contribution in [0.15, 0.2) is 72.8 Å². The van der Waals surface area contributed by atoms with Gasteiger partial charge in [0.25, 0.3) is 0 Å². The number of hydrogen-bond donors (Lipinski definition) is 2. The number of hydrogen-bond acceptors (Lipinski definition) is 2. The summed E-state index contributed by atoms with van der Waals surface area (Å²) in [5.41, 5.74) is 11.9. The Kier molecular flexibility index (Phi) is 6.39. The van der Waals surface area contributed by atoms with Crippen LogP contribution in [0.4, 0.5) is 0 Å². The fraction of sp³-hybridized carbons (Fsp3) is 0.250. The molecule has 4 aromatic carbocycles. The van der Waals surface area contributed by atoms with E-state index in [-0.39, 0.29) is 0 Å². The Morgan fingerprint density at radius 1 is 0.556 bits per heavy atom. The number of halogens is 2. The summed E-state index contributed by atoms with van der Waals surface area (Å²) in [6, 6.07) is 26.9. The van der Waals surface area contributed by atoms with Gasteiger partial charge in [-0.15, -0.1) is 0 Å². The first kappa shape index (κ1) is 23.8. The lowest BCUT2D eigenvalue weighted by Gasteiger charge is -2.24. The molecule has 0 amide bonds. The predicted octanol–water partition coefficient (Wildman–Crippen LogP) is 8.06. The van der Waals surface area contributed by atoms with E-state index >= 15 is 0 Å². The second-order valence-electron chi connectivity index (χ2n) is 10.3. The van der Waals surface area contributed by atoms with Crippen molar-refractivity contribution in [3.8, 4) is 33.4 Å². The molecule has 2 unspecified atom stereocenters. The van der Waals surface area contributed by atoms with Gasteiger partial charge in [-0.2, -0.15) is 0 Å². The van der Waals surface area contributed by atoms with Gasteiger partial charge in [-0.05, 0) is 60.1 Å². The van der Waals surface area contributed by atoms with Gasteiger partial charge in [0.15, 0.2) is 0 Å². The van der Waals surface area contributed by atoms with E-state index in [1.807, 2.05) is 0 Å². The van der Waals surface area contributed by atoms with Gasteiger partial charge >= 0.3 is 0 Å². The summed E-state index contributed by atoms with van der Waals surface area (Å²) in [5.74, 6) is 0. The topological polar surface area (TPSA) is 24.1 Å². The first-order valence-corrected chi connectivity index (χ1v) is 13.5. The lowest BCUT2D eigenvalue weighted by Crippen LogP contribution is -2.32. The van der Waals surface area contributed by atoms with Crippen molar-refractivity contribution in [2.24, 2.45) is 0 Å². The quantitative estimate of drug-likeness (QED) is 0.290. The minimum Gasteiger partial charge on any atom is -0.310 e. The van der Waals surface area contributed by atoms with Crippen LogP contribution in [-0.4, -0.2) is 12.1 Å². The Morgan fingerprint density at radius 2 is 0.972 bits per heavy atom. The molecule has 36 heavy (non-hydrogen) atoms. The van der Waals surface area contributed by atoms with Gasteiger partial charge in [0, 0.05) is 47.4 Å². The molecule has 0 saturated carbocycles. The smallest absolute Gasteiger partial charge is 0.0563 e. The van der Waals surface area contributed by atoms with Gasteiger partial charge in [-0.25, -0.2) is 0 Å². The summed E-state index contributed by atoms with van der Waals surface area (Å²) >= 11 is 14.2. The molecule has 4 heteroatoms. The maximum Gasteiger partial charge on any atom is 0.0563 e. The largest absolute Gasteiger partial charge is 0.310 e. The van der Waals surface area contributed by atoms with Crippen molar-refractivity contribution in [2.45, 2.75) is 51.9 Å². The molecule has 4 aromatic rings. The van der Waals surface area contributed by atoms with Crippen molar-refractivity contribution in [3.63, 3.8) is 0 Å². The fourth-order valence-electron chi connectivity index (χ4n) is 5.61. The predicted molar refractivity (Wildman–Crippen MR) is 153 cm³/mol. The Hall–Kier alpha value is -2.62. The second-order valence-corrected chi connectivity index (χ2v) is 11.0. The number of fused-ring (bicyclic) bond motifs is 2. The van der Waals surface area contributed by atoms with Gasteiger partial charge in [0.2, 0.25) is 0 Å². The third-order valence-electron chi connectivity index (χ3n) is 7.66. The van der Waals surface area contributed by atoms with E-state index in [0.29, 0.717) is 12.1 Å². The van der Waals surface area contributed by atoms with Crippen LogP contribution in [0.2, 0.25) is 10.0 Å². The summed E-state index contributed by atoms with van der Waals surface area (Å²) in [6.45, 7) is 6.31. The Balaban J connectivity index is 1.40. The highest BCUT2D eigenvalue weighted by molar-refractivity contribution is 6.39. The van der Waals surface area contributed by atoms with Crippen LogP contribution < -0.4 is 10.6 Å².